The summed E-state index contributed by atoms with van der Waals surface area (Å²) < 4.78 is 1.95. The molecule has 0 amide bonds. The van der Waals surface area contributed by atoms with Crippen molar-refractivity contribution in [1.29, 1.82) is 0 Å². The Bertz CT molecular complexity index is 513. The van der Waals surface area contributed by atoms with Gasteiger partial charge in [0.2, 0.25) is 0 Å². The number of guanidine groups is 1. The van der Waals surface area contributed by atoms with Crippen molar-refractivity contribution < 1.29 is 0 Å². The van der Waals surface area contributed by atoms with Crippen LogP contribution >= 0.6 is 0 Å². The molecule has 5 heteroatoms. The van der Waals surface area contributed by atoms with E-state index in [4.69, 9.17) is 0 Å². The van der Waals surface area contributed by atoms with Gasteiger partial charge in [0.25, 0.3) is 0 Å². The van der Waals surface area contributed by atoms with Crippen LogP contribution in [0, 0.1) is 13.8 Å². The number of aromatic nitrogens is 2. The maximum Gasteiger partial charge on any atom is 0.191 e. The van der Waals surface area contributed by atoms with Crippen molar-refractivity contribution in [3.63, 3.8) is 0 Å². The second-order valence-electron chi connectivity index (χ2n) is 5.64. The highest BCUT2D eigenvalue weighted by atomic mass is 15.3. The fourth-order valence-electron chi connectivity index (χ4n) is 2.44. The van der Waals surface area contributed by atoms with Crippen molar-refractivity contribution in [2.24, 2.45) is 12.0 Å². The molecule has 0 saturated carbocycles. The Hall–Kier alpha value is -1.78. The lowest BCUT2D eigenvalue weighted by molar-refractivity contribution is 0.636. The first-order valence-corrected chi connectivity index (χ1v) is 8.14. The molecule has 5 nitrogen and oxygen atoms in total. The molecule has 0 radical (unpaired) electrons. The SMILES string of the molecule is C/C=C/CCN=C(NCC)NC(C)Cc1c(C)nn(C)c1C. The average molecular weight is 305 g/mol. The molecule has 1 atom stereocenters. The third-order valence-electron chi connectivity index (χ3n) is 3.70. The molecule has 1 heterocycles. The number of hydrogen-bond acceptors (Lipinski definition) is 2. The van der Waals surface area contributed by atoms with E-state index in [0.29, 0.717) is 6.04 Å². The minimum Gasteiger partial charge on any atom is -0.357 e. The first-order valence-electron chi connectivity index (χ1n) is 8.14. The molecule has 0 aromatic carbocycles. The standard InChI is InChI=1S/C17H31N5/c1-7-9-10-11-19-17(18-8-2)20-13(3)12-16-14(4)21-22(6)15(16)5/h7,9,13H,8,10-12H2,1-6H3,(H2,18,19,20)/b9-7+. The number of nitrogens with one attached hydrogen (secondary N) is 2. The van der Waals surface area contributed by atoms with Crippen molar-refractivity contribution in [2.45, 2.75) is 53.5 Å². The minimum atomic E-state index is 0.307. The Morgan fingerprint density at radius 3 is 2.68 bits per heavy atom. The van der Waals surface area contributed by atoms with Gasteiger partial charge in [-0.2, -0.15) is 5.10 Å². The Morgan fingerprint density at radius 2 is 2.14 bits per heavy atom. The van der Waals surface area contributed by atoms with Crippen LogP contribution in [0.3, 0.4) is 0 Å². The van der Waals surface area contributed by atoms with Crippen molar-refractivity contribution >= 4 is 5.96 Å². The molecule has 1 aromatic heterocycles. The van der Waals surface area contributed by atoms with Crippen LogP contribution in [0.2, 0.25) is 0 Å². The topological polar surface area (TPSA) is 54.2 Å². The van der Waals surface area contributed by atoms with E-state index in [1.165, 1.54) is 11.3 Å². The van der Waals surface area contributed by atoms with Crippen LogP contribution in [0.25, 0.3) is 0 Å². The number of aryl methyl sites for hydroxylation is 2. The van der Waals surface area contributed by atoms with Gasteiger partial charge in [0.05, 0.1) is 5.69 Å². The number of nitrogens with zero attached hydrogens (tertiary/aromatic N) is 3. The van der Waals surface area contributed by atoms with Crippen molar-refractivity contribution in [1.82, 2.24) is 20.4 Å². The number of rotatable bonds is 7. The highest BCUT2D eigenvalue weighted by Crippen LogP contribution is 2.14. The third kappa shape index (κ3) is 5.54. The quantitative estimate of drug-likeness (QED) is 0.352. The zero-order valence-electron chi connectivity index (χ0n) is 14.9. The third-order valence-corrected chi connectivity index (χ3v) is 3.70. The van der Waals surface area contributed by atoms with E-state index in [1.807, 2.05) is 18.7 Å². The van der Waals surface area contributed by atoms with E-state index in [-0.39, 0.29) is 0 Å². The van der Waals surface area contributed by atoms with E-state index < -0.39 is 0 Å². The predicted octanol–water partition coefficient (Wildman–Crippen LogP) is 2.49. The van der Waals surface area contributed by atoms with Crippen LogP contribution in [0.1, 0.15) is 44.1 Å². The minimum absolute atomic E-state index is 0.307. The number of hydrogen-bond donors (Lipinski definition) is 2. The molecule has 0 spiro atoms. The van der Waals surface area contributed by atoms with Crippen molar-refractivity contribution in [3.8, 4) is 0 Å². The molecule has 124 valence electrons. The first-order chi connectivity index (χ1) is 10.5. The van der Waals surface area contributed by atoms with E-state index in [1.54, 1.807) is 0 Å². The van der Waals surface area contributed by atoms with Crippen LogP contribution in [-0.2, 0) is 13.5 Å². The predicted molar refractivity (Wildman–Crippen MR) is 94.4 cm³/mol. The van der Waals surface area contributed by atoms with Gasteiger partial charge < -0.3 is 10.6 Å². The van der Waals surface area contributed by atoms with Gasteiger partial charge >= 0.3 is 0 Å². The molecule has 1 rings (SSSR count). The Balaban J connectivity index is 2.64. The second-order valence-corrected chi connectivity index (χ2v) is 5.64. The molecule has 0 bridgehead atoms. The lowest BCUT2D eigenvalue weighted by atomic mass is 10.1. The monoisotopic (exact) mass is 305 g/mol. The second kappa shape index (κ2) is 9.28. The lowest BCUT2D eigenvalue weighted by Crippen LogP contribution is -2.43. The van der Waals surface area contributed by atoms with Gasteiger partial charge in [-0.3, -0.25) is 9.67 Å². The van der Waals surface area contributed by atoms with Gasteiger partial charge in [-0.25, -0.2) is 0 Å². The smallest absolute Gasteiger partial charge is 0.191 e. The van der Waals surface area contributed by atoms with Gasteiger partial charge in [0.15, 0.2) is 5.96 Å². The molecule has 2 N–H and O–H groups in total. The molecule has 0 aliphatic carbocycles. The van der Waals surface area contributed by atoms with Gasteiger partial charge in [-0.1, -0.05) is 12.2 Å². The zero-order chi connectivity index (χ0) is 16.5. The summed E-state index contributed by atoms with van der Waals surface area (Å²) >= 11 is 0. The van der Waals surface area contributed by atoms with E-state index >= 15 is 0 Å². The molecule has 0 aliphatic rings. The van der Waals surface area contributed by atoms with Gasteiger partial charge in [-0.05, 0) is 53.0 Å². The summed E-state index contributed by atoms with van der Waals surface area (Å²) in [4.78, 5) is 4.60. The highest BCUT2D eigenvalue weighted by molar-refractivity contribution is 5.80. The molecular formula is C17H31N5. The molecule has 1 aromatic rings. The fraction of sp³-hybridized carbons (Fsp3) is 0.647. The van der Waals surface area contributed by atoms with Crippen LogP contribution < -0.4 is 10.6 Å². The summed E-state index contributed by atoms with van der Waals surface area (Å²) in [5.74, 6) is 0.888. The summed E-state index contributed by atoms with van der Waals surface area (Å²) in [6, 6.07) is 0.307. The van der Waals surface area contributed by atoms with Crippen molar-refractivity contribution in [3.05, 3.63) is 29.1 Å². The van der Waals surface area contributed by atoms with E-state index in [2.05, 4.69) is 60.6 Å². The Kier molecular flexibility index (Phi) is 7.71. The van der Waals surface area contributed by atoms with Crippen LogP contribution in [-0.4, -0.2) is 34.9 Å². The normalized spacial score (nSPS) is 13.6. The molecule has 0 saturated heterocycles. The van der Waals surface area contributed by atoms with Crippen LogP contribution in [0.4, 0.5) is 0 Å². The molecule has 1 unspecified atom stereocenters. The first kappa shape index (κ1) is 18.3. The van der Waals surface area contributed by atoms with Crippen LogP contribution in [0.5, 0.6) is 0 Å². The summed E-state index contributed by atoms with van der Waals surface area (Å²) in [7, 11) is 2.00. The van der Waals surface area contributed by atoms with E-state index in [0.717, 1.165) is 37.6 Å². The number of allylic oxidation sites excluding steroid dienone is 1. The highest BCUT2D eigenvalue weighted by Gasteiger charge is 2.13. The maximum absolute atomic E-state index is 4.60. The lowest BCUT2D eigenvalue weighted by Gasteiger charge is -2.18. The molecular weight excluding hydrogens is 274 g/mol. The molecule has 0 aliphatic heterocycles. The summed E-state index contributed by atoms with van der Waals surface area (Å²) in [6.07, 6.45) is 6.12. The van der Waals surface area contributed by atoms with Gasteiger partial charge in [0.1, 0.15) is 0 Å². The Morgan fingerprint density at radius 1 is 1.41 bits per heavy atom. The summed E-state index contributed by atoms with van der Waals surface area (Å²) in [5.41, 5.74) is 3.68. The zero-order valence-corrected chi connectivity index (χ0v) is 14.9. The molecule has 0 fully saturated rings. The fourth-order valence-corrected chi connectivity index (χ4v) is 2.44. The number of aliphatic imine (C=N–C) groups is 1. The van der Waals surface area contributed by atoms with Gasteiger partial charge in [0, 0.05) is 31.9 Å². The molecule has 22 heavy (non-hydrogen) atoms. The maximum atomic E-state index is 4.60. The largest absolute Gasteiger partial charge is 0.357 e. The van der Waals surface area contributed by atoms with Crippen molar-refractivity contribution in [2.75, 3.05) is 13.1 Å². The van der Waals surface area contributed by atoms with E-state index in [9.17, 15) is 0 Å². The van der Waals surface area contributed by atoms with Crippen LogP contribution in [0.15, 0.2) is 17.1 Å². The Labute approximate surface area is 134 Å². The summed E-state index contributed by atoms with van der Waals surface area (Å²) in [5, 5.41) is 11.3. The average Bonchev–Trinajstić information content (AvgIpc) is 2.70. The summed E-state index contributed by atoms with van der Waals surface area (Å²) in [6.45, 7) is 12.2. The van der Waals surface area contributed by atoms with Gasteiger partial charge in [-0.15, -0.1) is 0 Å².